The minimum absolute atomic E-state index is 0.0548. The van der Waals surface area contributed by atoms with Crippen LogP contribution in [0, 0.1) is 5.92 Å². The number of hydrazone groups is 1. The number of aromatic hydroxyl groups is 1. The van der Waals surface area contributed by atoms with E-state index in [4.69, 9.17) is 0 Å². The van der Waals surface area contributed by atoms with Crippen LogP contribution < -0.4 is 10.7 Å². The van der Waals surface area contributed by atoms with Crippen molar-refractivity contribution in [3.05, 3.63) is 59.7 Å². The Morgan fingerprint density at radius 3 is 2.41 bits per heavy atom. The summed E-state index contributed by atoms with van der Waals surface area (Å²) in [4.78, 5) is 24.4. The van der Waals surface area contributed by atoms with Gasteiger partial charge in [-0.1, -0.05) is 31.4 Å². The summed E-state index contributed by atoms with van der Waals surface area (Å²) in [7, 11) is 0. The maximum atomic E-state index is 12.3. The largest absolute Gasteiger partial charge is 0.507 e. The van der Waals surface area contributed by atoms with Crippen molar-refractivity contribution >= 4 is 23.7 Å². The van der Waals surface area contributed by atoms with Gasteiger partial charge in [-0.3, -0.25) is 9.59 Å². The van der Waals surface area contributed by atoms with Crippen LogP contribution in [-0.4, -0.2) is 23.1 Å². The molecule has 6 nitrogen and oxygen atoms in total. The fourth-order valence-electron chi connectivity index (χ4n) is 3.14. The second-order valence-corrected chi connectivity index (χ2v) is 6.66. The number of carbonyl (C=O) groups is 2. The molecule has 0 radical (unpaired) electrons. The third-order valence-electron chi connectivity index (χ3n) is 4.70. The van der Waals surface area contributed by atoms with Crippen molar-refractivity contribution in [2.45, 2.75) is 32.1 Å². The van der Waals surface area contributed by atoms with Crippen molar-refractivity contribution in [3.63, 3.8) is 0 Å². The molecule has 1 saturated carbocycles. The number of phenolic OH excluding ortho intramolecular Hbond substituents is 1. The monoisotopic (exact) mass is 365 g/mol. The molecule has 0 unspecified atom stereocenters. The van der Waals surface area contributed by atoms with E-state index in [-0.39, 0.29) is 23.5 Å². The van der Waals surface area contributed by atoms with Crippen molar-refractivity contribution < 1.29 is 14.7 Å². The zero-order valence-electron chi connectivity index (χ0n) is 15.0. The zero-order chi connectivity index (χ0) is 19.1. The number of phenols is 1. The van der Waals surface area contributed by atoms with Gasteiger partial charge in [0.1, 0.15) is 5.75 Å². The number of anilines is 1. The molecule has 2 aromatic carbocycles. The first kappa shape index (κ1) is 18.6. The van der Waals surface area contributed by atoms with Crippen molar-refractivity contribution in [2.75, 3.05) is 5.32 Å². The van der Waals surface area contributed by atoms with E-state index in [2.05, 4.69) is 15.8 Å². The summed E-state index contributed by atoms with van der Waals surface area (Å²) in [5.74, 6) is -0.134. The molecule has 2 aromatic rings. The van der Waals surface area contributed by atoms with Crippen LogP contribution in [0.5, 0.6) is 5.75 Å². The van der Waals surface area contributed by atoms with Crippen LogP contribution in [0.15, 0.2) is 53.6 Å². The van der Waals surface area contributed by atoms with Gasteiger partial charge in [-0.15, -0.1) is 0 Å². The fourth-order valence-corrected chi connectivity index (χ4v) is 3.14. The lowest BCUT2D eigenvalue weighted by Gasteiger charge is -2.20. The Bertz CT molecular complexity index is 825. The number of rotatable bonds is 5. The van der Waals surface area contributed by atoms with Crippen LogP contribution in [0.25, 0.3) is 0 Å². The molecule has 0 aliphatic heterocycles. The van der Waals surface area contributed by atoms with Crippen LogP contribution in [0.1, 0.15) is 48.0 Å². The Morgan fingerprint density at radius 1 is 1.00 bits per heavy atom. The average Bonchev–Trinajstić information content (AvgIpc) is 2.70. The van der Waals surface area contributed by atoms with E-state index in [1.807, 2.05) is 0 Å². The number of para-hydroxylation sites is 1. The smallest absolute Gasteiger partial charge is 0.271 e. The minimum Gasteiger partial charge on any atom is -0.507 e. The van der Waals surface area contributed by atoms with Crippen molar-refractivity contribution in [2.24, 2.45) is 11.0 Å². The number of amides is 2. The zero-order valence-corrected chi connectivity index (χ0v) is 15.0. The van der Waals surface area contributed by atoms with Crippen molar-refractivity contribution in [3.8, 4) is 5.75 Å². The average molecular weight is 365 g/mol. The van der Waals surface area contributed by atoms with Crippen LogP contribution in [-0.2, 0) is 4.79 Å². The van der Waals surface area contributed by atoms with Crippen LogP contribution in [0.4, 0.5) is 5.69 Å². The van der Waals surface area contributed by atoms with Gasteiger partial charge >= 0.3 is 0 Å². The van der Waals surface area contributed by atoms with Gasteiger partial charge in [0.2, 0.25) is 5.91 Å². The molecule has 0 heterocycles. The number of carbonyl (C=O) groups excluding carboxylic acids is 2. The molecule has 0 bridgehead atoms. The number of nitrogens with one attached hydrogen (secondary N) is 2. The fraction of sp³-hybridized carbons (Fsp3) is 0.286. The van der Waals surface area contributed by atoms with Gasteiger partial charge in [0.05, 0.1) is 6.21 Å². The summed E-state index contributed by atoms with van der Waals surface area (Å²) < 4.78 is 0. The van der Waals surface area contributed by atoms with E-state index in [0.717, 1.165) is 25.7 Å². The minimum atomic E-state index is -0.369. The first-order valence-electron chi connectivity index (χ1n) is 9.16. The molecule has 0 spiro atoms. The Kier molecular flexibility index (Phi) is 6.20. The highest BCUT2D eigenvalue weighted by atomic mass is 16.3. The predicted molar refractivity (Wildman–Crippen MR) is 105 cm³/mol. The maximum Gasteiger partial charge on any atom is 0.271 e. The highest BCUT2D eigenvalue weighted by molar-refractivity contribution is 5.96. The first-order chi connectivity index (χ1) is 13.1. The molecule has 1 aliphatic rings. The van der Waals surface area contributed by atoms with E-state index in [9.17, 15) is 14.7 Å². The van der Waals surface area contributed by atoms with E-state index < -0.39 is 0 Å². The Balaban J connectivity index is 1.54. The van der Waals surface area contributed by atoms with Gasteiger partial charge < -0.3 is 10.4 Å². The number of hydrogen-bond donors (Lipinski definition) is 3. The second-order valence-electron chi connectivity index (χ2n) is 6.66. The summed E-state index contributed by atoms with van der Waals surface area (Å²) in [6.45, 7) is 0. The normalized spacial score (nSPS) is 14.8. The van der Waals surface area contributed by atoms with E-state index >= 15 is 0 Å². The third-order valence-corrected chi connectivity index (χ3v) is 4.70. The summed E-state index contributed by atoms with van der Waals surface area (Å²) in [5, 5.41) is 16.4. The molecule has 140 valence electrons. The van der Waals surface area contributed by atoms with Gasteiger partial charge in [0.25, 0.3) is 5.91 Å². The lowest BCUT2D eigenvalue weighted by molar-refractivity contribution is -0.120. The molecule has 3 N–H and O–H groups in total. The topological polar surface area (TPSA) is 90.8 Å². The molecule has 2 amide bonds. The summed E-state index contributed by atoms with van der Waals surface area (Å²) in [5.41, 5.74) is 4.04. The van der Waals surface area contributed by atoms with Crippen molar-refractivity contribution in [1.82, 2.24) is 5.43 Å². The molecule has 3 rings (SSSR count). The summed E-state index contributed by atoms with van der Waals surface area (Å²) >= 11 is 0. The molecule has 0 atom stereocenters. The van der Waals surface area contributed by atoms with E-state index in [1.165, 1.54) is 12.6 Å². The summed E-state index contributed by atoms with van der Waals surface area (Å²) in [6.07, 6.45) is 6.70. The van der Waals surface area contributed by atoms with Crippen LogP contribution >= 0.6 is 0 Å². The third kappa shape index (κ3) is 5.17. The predicted octanol–water partition coefficient (Wildman–Crippen LogP) is 3.67. The lowest BCUT2D eigenvalue weighted by Crippen LogP contribution is -2.24. The quantitative estimate of drug-likeness (QED) is 0.558. The number of benzene rings is 2. The standard InChI is InChI=1S/C21H23N3O3/c25-19-9-5-4-8-17(19)14-22-24-21(27)16-10-12-18(13-11-16)23-20(26)15-6-2-1-3-7-15/h4-5,8-15,25H,1-3,6-7H2,(H,23,26)(H,24,27)/b22-14+. The molecule has 0 saturated heterocycles. The van der Waals surface area contributed by atoms with E-state index in [1.54, 1.807) is 48.5 Å². The van der Waals surface area contributed by atoms with Gasteiger partial charge in [-0.2, -0.15) is 5.10 Å². The van der Waals surface area contributed by atoms with E-state index in [0.29, 0.717) is 16.8 Å². The molecule has 6 heteroatoms. The molecule has 27 heavy (non-hydrogen) atoms. The van der Waals surface area contributed by atoms with Crippen molar-refractivity contribution in [1.29, 1.82) is 0 Å². The lowest BCUT2D eigenvalue weighted by atomic mass is 9.88. The molecular weight excluding hydrogens is 342 g/mol. The summed E-state index contributed by atoms with van der Waals surface area (Å²) in [6, 6.07) is 13.4. The van der Waals surface area contributed by atoms with Gasteiger partial charge in [0.15, 0.2) is 0 Å². The van der Waals surface area contributed by atoms with Crippen LogP contribution in [0.2, 0.25) is 0 Å². The number of hydrogen-bond acceptors (Lipinski definition) is 4. The Morgan fingerprint density at radius 2 is 1.70 bits per heavy atom. The molecule has 0 aromatic heterocycles. The van der Waals surface area contributed by atoms with Crippen LogP contribution in [0.3, 0.4) is 0 Å². The molecular formula is C21H23N3O3. The Hall–Kier alpha value is -3.15. The molecule has 1 aliphatic carbocycles. The number of nitrogens with zero attached hydrogens (tertiary/aromatic N) is 1. The highest BCUT2D eigenvalue weighted by Gasteiger charge is 2.21. The Labute approximate surface area is 158 Å². The molecule has 1 fully saturated rings. The van der Waals surface area contributed by atoms with Gasteiger partial charge in [-0.05, 0) is 49.2 Å². The highest BCUT2D eigenvalue weighted by Crippen LogP contribution is 2.25. The SMILES string of the molecule is O=C(N/N=C/c1ccccc1O)c1ccc(NC(=O)C2CCCCC2)cc1. The maximum absolute atomic E-state index is 12.3. The van der Waals surface area contributed by atoms with Gasteiger partial charge in [0, 0.05) is 22.7 Å². The second kappa shape index (κ2) is 8.98. The first-order valence-corrected chi connectivity index (χ1v) is 9.16. The van der Waals surface area contributed by atoms with Gasteiger partial charge in [-0.25, -0.2) is 5.43 Å².